The van der Waals surface area contributed by atoms with Gasteiger partial charge in [-0.3, -0.25) is 4.79 Å². The molecule has 6 heteroatoms. The molecule has 0 unspecified atom stereocenters. The summed E-state index contributed by atoms with van der Waals surface area (Å²) in [5, 5.41) is 0.756. The Labute approximate surface area is 177 Å². The molecule has 30 heavy (non-hydrogen) atoms. The number of ether oxygens (including phenoxy) is 2. The lowest BCUT2D eigenvalue weighted by molar-refractivity contribution is 0.0735. The average Bonchev–Trinajstić information content (AvgIpc) is 2.76. The van der Waals surface area contributed by atoms with Gasteiger partial charge in [-0.15, -0.1) is 0 Å². The van der Waals surface area contributed by atoms with Gasteiger partial charge in [-0.2, -0.15) is 0 Å². The van der Waals surface area contributed by atoms with Crippen molar-refractivity contribution >= 4 is 28.5 Å². The number of carbonyl (C=O) groups excluding carboxylic acids is 1. The van der Waals surface area contributed by atoms with Gasteiger partial charge in [0.2, 0.25) is 11.2 Å². The summed E-state index contributed by atoms with van der Waals surface area (Å²) in [5.41, 5.74) is 1.46. The first-order valence-electron chi connectivity index (χ1n) is 9.33. The minimum atomic E-state index is -0.560. The Morgan fingerprint density at radius 3 is 2.50 bits per heavy atom. The molecule has 0 radical (unpaired) electrons. The Bertz CT molecular complexity index is 1280. The predicted octanol–water partition coefficient (Wildman–Crippen LogP) is 6.02. The van der Waals surface area contributed by atoms with Crippen LogP contribution in [0.5, 0.6) is 17.2 Å². The third-order valence-electron chi connectivity index (χ3n) is 4.54. The van der Waals surface area contributed by atoms with Gasteiger partial charge in [-0.05, 0) is 54.4 Å². The Morgan fingerprint density at radius 2 is 1.77 bits per heavy atom. The van der Waals surface area contributed by atoms with Crippen molar-refractivity contribution in [2.75, 3.05) is 0 Å². The van der Waals surface area contributed by atoms with E-state index in [0.717, 1.165) is 6.42 Å². The number of rotatable bonds is 5. The summed E-state index contributed by atoms with van der Waals surface area (Å²) in [5.74, 6) is 0.315. The molecule has 150 valence electrons. The molecule has 0 saturated heterocycles. The van der Waals surface area contributed by atoms with Crippen molar-refractivity contribution in [2.45, 2.75) is 13.3 Å². The molecule has 0 N–H and O–H groups in total. The Kier molecular flexibility index (Phi) is 5.55. The monoisotopic (exact) mass is 420 g/mol. The van der Waals surface area contributed by atoms with Crippen molar-refractivity contribution < 1.29 is 18.7 Å². The molecule has 0 aliphatic heterocycles. The first-order valence-corrected chi connectivity index (χ1v) is 9.71. The van der Waals surface area contributed by atoms with E-state index in [9.17, 15) is 9.59 Å². The number of benzene rings is 3. The first-order chi connectivity index (χ1) is 14.5. The van der Waals surface area contributed by atoms with Crippen LogP contribution in [0.25, 0.3) is 11.0 Å². The molecule has 1 heterocycles. The summed E-state index contributed by atoms with van der Waals surface area (Å²) in [4.78, 5) is 25.0. The molecule has 1 aromatic heterocycles. The zero-order valence-electron chi connectivity index (χ0n) is 16.1. The number of carbonyl (C=O) groups is 1. The van der Waals surface area contributed by atoms with Gasteiger partial charge in [0.25, 0.3) is 0 Å². The lowest BCUT2D eigenvalue weighted by Gasteiger charge is -2.08. The highest BCUT2D eigenvalue weighted by Crippen LogP contribution is 2.25. The molecule has 4 rings (SSSR count). The third-order valence-corrected chi connectivity index (χ3v) is 4.78. The summed E-state index contributed by atoms with van der Waals surface area (Å²) in [6, 6.07) is 18.5. The number of esters is 1. The van der Waals surface area contributed by atoms with Crippen LogP contribution in [0, 0.1) is 0 Å². The second-order valence-electron chi connectivity index (χ2n) is 6.59. The van der Waals surface area contributed by atoms with Crippen LogP contribution in [0.1, 0.15) is 22.8 Å². The smallest absolute Gasteiger partial charge is 0.343 e. The van der Waals surface area contributed by atoms with Crippen LogP contribution in [0.2, 0.25) is 5.02 Å². The highest BCUT2D eigenvalue weighted by molar-refractivity contribution is 6.30. The largest absolute Gasteiger partial charge is 0.460 e. The quantitative estimate of drug-likeness (QED) is 0.291. The van der Waals surface area contributed by atoms with Crippen LogP contribution in [0.3, 0.4) is 0 Å². The fourth-order valence-corrected chi connectivity index (χ4v) is 3.12. The maximum Gasteiger partial charge on any atom is 0.343 e. The Morgan fingerprint density at radius 1 is 1.00 bits per heavy atom. The van der Waals surface area contributed by atoms with E-state index in [1.54, 1.807) is 30.3 Å². The van der Waals surface area contributed by atoms with Crippen molar-refractivity contribution in [3.8, 4) is 17.2 Å². The predicted molar refractivity (Wildman–Crippen MR) is 115 cm³/mol. The van der Waals surface area contributed by atoms with Gasteiger partial charge in [0.15, 0.2) is 0 Å². The van der Waals surface area contributed by atoms with E-state index in [2.05, 4.69) is 6.92 Å². The number of hydrogen-bond acceptors (Lipinski definition) is 5. The molecule has 0 aliphatic carbocycles. The zero-order chi connectivity index (χ0) is 21.1. The first kappa shape index (κ1) is 19.7. The topological polar surface area (TPSA) is 65.7 Å². The molecule has 3 aromatic carbocycles. The lowest BCUT2D eigenvalue weighted by atomic mass is 10.2. The standard InChI is InChI=1S/C24H17ClO5/c1-2-15-6-8-18(9-7-15)29-22-14-28-21-13-19(10-11-20(21)23(22)26)30-24(27)16-4-3-5-17(25)12-16/h3-14H,2H2,1H3. The number of halogens is 1. The van der Waals surface area contributed by atoms with Gasteiger partial charge < -0.3 is 13.9 Å². The maximum absolute atomic E-state index is 12.7. The van der Waals surface area contributed by atoms with Gasteiger partial charge in [0, 0.05) is 11.1 Å². The summed E-state index contributed by atoms with van der Waals surface area (Å²) in [7, 11) is 0. The van der Waals surface area contributed by atoms with Crippen molar-refractivity contribution in [3.63, 3.8) is 0 Å². The Balaban J connectivity index is 1.57. The van der Waals surface area contributed by atoms with E-state index in [1.807, 2.05) is 12.1 Å². The molecule has 0 aliphatic rings. The molecular formula is C24H17ClO5. The van der Waals surface area contributed by atoms with Crippen LogP contribution < -0.4 is 14.9 Å². The van der Waals surface area contributed by atoms with Crippen molar-refractivity contribution in [1.82, 2.24) is 0 Å². The molecule has 0 fully saturated rings. The average molecular weight is 421 g/mol. The highest BCUT2D eigenvalue weighted by Gasteiger charge is 2.13. The van der Waals surface area contributed by atoms with Crippen LogP contribution in [-0.2, 0) is 6.42 Å². The van der Waals surface area contributed by atoms with Crippen molar-refractivity contribution in [3.05, 3.63) is 99.4 Å². The molecule has 0 atom stereocenters. The Hall–Kier alpha value is -3.57. The normalized spacial score (nSPS) is 10.7. The van der Waals surface area contributed by atoms with E-state index in [0.29, 0.717) is 21.7 Å². The van der Waals surface area contributed by atoms with Crippen LogP contribution in [0.4, 0.5) is 0 Å². The summed E-state index contributed by atoms with van der Waals surface area (Å²) < 4.78 is 16.6. The van der Waals surface area contributed by atoms with Crippen molar-refractivity contribution in [1.29, 1.82) is 0 Å². The fourth-order valence-electron chi connectivity index (χ4n) is 2.93. The zero-order valence-corrected chi connectivity index (χ0v) is 16.8. The SMILES string of the molecule is CCc1ccc(Oc2coc3cc(OC(=O)c4cccc(Cl)c4)ccc3c2=O)cc1. The van der Waals surface area contributed by atoms with Crippen molar-refractivity contribution in [2.24, 2.45) is 0 Å². The molecule has 0 spiro atoms. The molecule has 0 saturated carbocycles. The number of aryl methyl sites for hydroxylation is 1. The summed E-state index contributed by atoms with van der Waals surface area (Å²) >= 11 is 5.91. The van der Waals surface area contributed by atoms with Gasteiger partial charge in [-0.25, -0.2) is 4.79 Å². The van der Waals surface area contributed by atoms with E-state index in [4.69, 9.17) is 25.5 Å². The molecule has 4 aromatic rings. The molecule has 0 bridgehead atoms. The van der Waals surface area contributed by atoms with Crippen LogP contribution >= 0.6 is 11.6 Å². The van der Waals surface area contributed by atoms with E-state index in [1.165, 1.54) is 36.1 Å². The van der Waals surface area contributed by atoms with Crippen LogP contribution in [-0.4, -0.2) is 5.97 Å². The summed E-state index contributed by atoms with van der Waals surface area (Å²) in [6.07, 6.45) is 2.17. The molecule has 0 amide bonds. The van der Waals surface area contributed by atoms with Gasteiger partial charge in [-0.1, -0.05) is 36.7 Å². The number of hydrogen-bond donors (Lipinski definition) is 0. The lowest BCUT2D eigenvalue weighted by Crippen LogP contribution is -2.09. The van der Waals surface area contributed by atoms with Crippen LogP contribution in [0.15, 0.2) is 82.2 Å². The minimum Gasteiger partial charge on any atom is -0.460 e. The van der Waals surface area contributed by atoms with Gasteiger partial charge >= 0.3 is 5.97 Å². The number of fused-ring (bicyclic) bond motifs is 1. The van der Waals surface area contributed by atoms with Gasteiger partial charge in [0.05, 0.1) is 10.9 Å². The summed E-state index contributed by atoms with van der Waals surface area (Å²) in [6.45, 7) is 2.06. The van der Waals surface area contributed by atoms with E-state index < -0.39 is 5.97 Å². The highest BCUT2D eigenvalue weighted by atomic mass is 35.5. The molecule has 5 nitrogen and oxygen atoms in total. The maximum atomic E-state index is 12.7. The second-order valence-corrected chi connectivity index (χ2v) is 7.02. The fraction of sp³-hybridized carbons (Fsp3) is 0.0833. The second kappa shape index (κ2) is 8.43. The van der Waals surface area contributed by atoms with Gasteiger partial charge in [0.1, 0.15) is 23.3 Å². The van der Waals surface area contributed by atoms with E-state index in [-0.39, 0.29) is 22.5 Å². The third kappa shape index (κ3) is 4.21. The van der Waals surface area contributed by atoms with E-state index >= 15 is 0 Å². The molecular weight excluding hydrogens is 404 g/mol. The minimum absolute atomic E-state index is 0.0791.